The molecule has 0 aromatic heterocycles. The molecule has 0 amide bonds. The largest absolute Gasteiger partial charge is 0.507 e. The molecule has 1 aromatic carbocycles. The summed E-state index contributed by atoms with van der Waals surface area (Å²) in [5, 5.41) is 10.3. The molecule has 0 atom stereocenters. The van der Waals surface area contributed by atoms with E-state index in [9.17, 15) is 5.11 Å². The SMILES string of the molecule is CC(C)(C)c1cc(N)cc(C(C)(C)C)c1O.CCO[PH](=S)OCC. The lowest BCUT2D eigenvalue weighted by molar-refractivity contribution is 0.286. The van der Waals surface area contributed by atoms with Crippen LogP contribution >= 0.6 is 7.15 Å². The Morgan fingerprint density at radius 3 is 1.54 bits per heavy atom. The molecule has 0 heterocycles. The van der Waals surface area contributed by atoms with Gasteiger partial charge in [-0.2, -0.15) is 0 Å². The van der Waals surface area contributed by atoms with Crippen LogP contribution in [-0.2, 0) is 31.7 Å². The number of aromatic hydroxyl groups is 1. The number of hydrogen-bond acceptors (Lipinski definition) is 5. The maximum atomic E-state index is 10.3. The van der Waals surface area contributed by atoms with Crippen LogP contribution in [0.25, 0.3) is 0 Å². The summed E-state index contributed by atoms with van der Waals surface area (Å²) in [5.74, 6) is 0.384. The molecule has 0 radical (unpaired) electrons. The summed E-state index contributed by atoms with van der Waals surface area (Å²) in [5.41, 5.74) is 8.26. The van der Waals surface area contributed by atoms with Gasteiger partial charge in [-0.25, -0.2) is 0 Å². The van der Waals surface area contributed by atoms with Crippen molar-refractivity contribution in [2.24, 2.45) is 0 Å². The van der Waals surface area contributed by atoms with Crippen molar-refractivity contribution in [2.75, 3.05) is 18.9 Å². The highest BCUT2D eigenvalue weighted by molar-refractivity contribution is 8.00. The number of anilines is 1. The van der Waals surface area contributed by atoms with Crippen LogP contribution in [0.4, 0.5) is 5.69 Å². The van der Waals surface area contributed by atoms with Crippen molar-refractivity contribution >= 4 is 24.6 Å². The number of hydrogen-bond donors (Lipinski definition) is 2. The zero-order valence-electron chi connectivity index (χ0n) is 16.3. The molecule has 0 saturated carbocycles. The molecule has 0 bridgehead atoms. The summed E-state index contributed by atoms with van der Waals surface area (Å²) in [4.78, 5) is 0. The molecule has 0 aliphatic heterocycles. The Kier molecular flexibility index (Phi) is 9.52. The zero-order valence-corrected chi connectivity index (χ0v) is 18.1. The lowest BCUT2D eigenvalue weighted by Gasteiger charge is -2.27. The molecule has 1 aromatic rings. The molecule has 0 unspecified atom stereocenters. The fourth-order valence-electron chi connectivity index (χ4n) is 2.08. The minimum Gasteiger partial charge on any atom is -0.507 e. The van der Waals surface area contributed by atoms with Gasteiger partial charge in [0, 0.05) is 16.8 Å². The van der Waals surface area contributed by atoms with E-state index in [1.54, 1.807) is 0 Å². The van der Waals surface area contributed by atoms with Crippen molar-refractivity contribution in [3.63, 3.8) is 0 Å². The summed E-state index contributed by atoms with van der Waals surface area (Å²) < 4.78 is 9.95. The first kappa shape index (κ1) is 23.4. The van der Waals surface area contributed by atoms with Crippen LogP contribution < -0.4 is 5.73 Å². The average Bonchev–Trinajstić information content (AvgIpc) is 2.40. The van der Waals surface area contributed by atoms with Crippen molar-refractivity contribution in [2.45, 2.75) is 66.2 Å². The number of nitrogens with two attached hydrogens (primary N) is 1. The van der Waals surface area contributed by atoms with Gasteiger partial charge in [0.1, 0.15) is 5.75 Å². The Morgan fingerprint density at radius 1 is 0.958 bits per heavy atom. The third kappa shape index (κ3) is 7.98. The maximum Gasteiger partial charge on any atom is 0.176 e. The van der Waals surface area contributed by atoms with E-state index >= 15 is 0 Å². The molecule has 0 saturated heterocycles. The van der Waals surface area contributed by atoms with Crippen LogP contribution in [0.5, 0.6) is 5.75 Å². The van der Waals surface area contributed by atoms with E-state index in [-0.39, 0.29) is 10.8 Å². The van der Waals surface area contributed by atoms with Gasteiger partial charge in [-0.15, -0.1) is 0 Å². The monoisotopic (exact) mass is 375 g/mol. The van der Waals surface area contributed by atoms with E-state index in [0.29, 0.717) is 24.7 Å². The van der Waals surface area contributed by atoms with Gasteiger partial charge < -0.3 is 19.9 Å². The first-order chi connectivity index (χ1) is 10.8. The van der Waals surface area contributed by atoms with Crippen LogP contribution in [-0.4, -0.2) is 18.3 Å². The number of benzene rings is 1. The van der Waals surface area contributed by atoms with Gasteiger partial charge in [0.15, 0.2) is 7.15 Å². The first-order valence-electron chi connectivity index (χ1n) is 8.27. The average molecular weight is 376 g/mol. The van der Waals surface area contributed by atoms with Crippen molar-refractivity contribution in [3.8, 4) is 5.75 Å². The van der Waals surface area contributed by atoms with Crippen LogP contribution in [0, 0.1) is 0 Å². The lowest BCUT2D eigenvalue weighted by atomic mass is 9.79. The Hall–Kier alpha value is -0.610. The van der Waals surface area contributed by atoms with Crippen LogP contribution in [0.2, 0.25) is 0 Å². The lowest BCUT2D eigenvalue weighted by Crippen LogP contribution is -2.17. The van der Waals surface area contributed by atoms with Gasteiger partial charge >= 0.3 is 0 Å². The number of phenolic OH excluding ortho intramolecular Hbond substituents is 1. The highest BCUT2D eigenvalue weighted by Crippen LogP contribution is 2.40. The van der Waals surface area contributed by atoms with Crippen molar-refractivity contribution < 1.29 is 14.2 Å². The van der Waals surface area contributed by atoms with Crippen molar-refractivity contribution in [1.82, 2.24) is 0 Å². The molecule has 0 spiro atoms. The quantitative estimate of drug-likeness (QED) is 0.434. The number of nitrogen functional groups attached to an aromatic ring is 1. The third-order valence-corrected chi connectivity index (χ3v) is 5.03. The Labute approximate surface area is 153 Å². The highest BCUT2D eigenvalue weighted by atomic mass is 32.4. The fourth-order valence-corrected chi connectivity index (χ4v) is 3.34. The van der Waals surface area contributed by atoms with Gasteiger partial charge in [0.05, 0.1) is 13.2 Å². The molecule has 140 valence electrons. The second-order valence-corrected chi connectivity index (χ2v) is 9.66. The van der Waals surface area contributed by atoms with E-state index in [4.69, 9.17) is 26.6 Å². The molecular formula is C18H34NO3PS. The molecular weight excluding hydrogens is 341 g/mol. The van der Waals surface area contributed by atoms with Gasteiger partial charge in [-0.3, -0.25) is 0 Å². The normalized spacial score (nSPS) is 12.0. The number of phenols is 1. The smallest absolute Gasteiger partial charge is 0.176 e. The van der Waals surface area contributed by atoms with Gasteiger partial charge in [0.2, 0.25) is 0 Å². The maximum absolute atomic E-state index is 10.3. The molecule has 1 rings (SSSR count). The summed E-state index contributed by atoms with van der Waals surface area (Å²) >= 11 is 4.79. The van der Waals surface area contributed by atoms with Crippen molar-refractivity contribution in [1.29, 1.82) is 0 Å². The van der Waals surface area contributed by atoms with E-state index in [1.807, 2.05) is 26.0 Å². The Balaban J connectivity index is 0.000000561. The second kappa shape index (κ2) is 9.76. The molecule has 0 aliphatic carbocycles. The first-order valence-corrected chi connectivity index (χ1v) is 10.7. The summed E-state index contributed by atoms with van der Waals surface area (Å²) in [6.07, 6.45) is 0. The molecule has 4 nitrogen and oxygen atoms in total. The van der Waals surface area contributed by atoms with Crippen LogP contribution in [0.1, 0.15) is 66.5 Å². The summed E-state index contributed by atoms with van der Waals surface area (Å²) in [6.45, 7) is 17.6. The predicted molar refractivity (Wildman–Crippen MR) is 109 cm³/mol. The zero-order chi connectivity index (χ0) is 19.1. The van der Waals surface area contributed by atoms with E-state index in [0.717, 1.165) is 11.1 Å². The third-order valence-electron chi connectivity index (χ3n) is 3.27. The fraction of sp³-hybridized carbons (Fsp3) is 0.667. The summed E-state index contributed by atoms with van der Waals surface area (Å²) in [6, 6.07) is 3.73. The topological polar surface area (TPSA) is 64.7 Å². The number of rotatable bonds is 4. The van der Waals surface area contributed by atoms with E-state index in [1.165, 1.54) is 0 Å². The van der Waals surface area contributed by atoms with Gasteiger partial charge in [-0.1, -0.05) is 41.5 Å². The van der Waals surface area contributed by atoms with E-state index < -0.39 is 7.15 Å². The molecule has 3 N–H and O–H groups in total. The summed E-state index contributed by atoms with van der Waals surface area (Å²) in [7, 11) is -1.31. The predicted octanol–water partition coefficient (Wildman–Crippen LogP) is 5.13. The van der Waals surface area contributed by atoms with E-state index in [2.05, 4.69) is 41.5 Å². The molecule has 0 fully saturated rings. The molecule has 24 heavy (non-hydrogen) atoms. The van der Waals surface area contributed by atoms with Crippen molar-refractivity contribution in [3.05, 3.63) is 23.3 Å². The molecule has 6 heteroatoms. The highest BCUT2D eigenvalue weighted by Gasteiger charge is 2.25. The van der Waals surface area contributed by atoms with Gasteiger partial charge in [-0.05, 0) is 48.6 Å². The Morgan fingerprint density at radius 2 is 1.29 bits per heavy atom. The minimum absolute atomic E-state index is 0.0978. The Bertz CT molecular complexity index is 505. The van der Waals surface area contributed by atoms with Crippen LogP contribution in [0.3, 0.4) is 0 Å². The standard InChI is InChI=1S/C14H23NO.C4H11O2PS/c1-13(2,3)10-7-9(15)8-11(12(10)16)14(4,5)6;1-3-5-7(8)6-4-2/h7-8,16H,15H2,1-6H3;7H,3-4H2,1-2H3. The van der Waals surface area contributed by atoms with Gasteiger partial charge in [0.25, 0.3) is 0 Å². The van der Waals surface area contributed by atoms with Crippen LogP contribution in [0.15, 0.2) is 12.1 Å². The second-order valence-electron chi connectivity index (χ2n) is 7.58. The minimum atomic E-state index is -1.31. The molecule has 0 aliphatic rings.